The molecule has 1 aliphatic heterocycles. The monoisotopic (exact) mass is 465 g/mol. The Balaban J connectivity index is 1.45. The van der Waals surface area contributed by atoms with Crippen molar-refractivity contribution >= 4 is 34.8 Å². The molecule has 0 spiro atoms. The van der Waals surface area contributed by atoms with Crippen LogP contribution in [0.1, 0.15) is 34.5 Å². The van der Waals surface area contributed by atoms with E-state index in [0.717, 1.165) is 48.0 Å². The number of aryl methyl sites for hydroxylation is 1. The van der Waals surface area contributed by atoms with E-state index in [2.05, 4.69) is 4.74 Å². The first-order valence-electron chi connectivity index (χ1n) is 10.2. The third-order valence-corrected chi connectivity index (χ3v) is 6.25. The number of hydrogen-bond acceptors (Lipinski definition) is 6. The van der Waals surface area contributed by atoms with Crippen molar-refractivity contribution < 1.29 is 19.1 Å². The van der Waals surface area contributed by atoms with Gasteiger partial charge in [0.15, 0.2) is 0 Å². The van der Waals surface area contributed by atoms with Crippen LogP contribution in [0.15, 0.2) is 36.5 Å². The van der Waals surface area contributed by atoms with Crippen molar-refractivity contribution in [2.75, 3.05) is 33.5 Å². The van der Waals surface area contributed by atoms with Crippen LogP contribution in [0.2, 0.25) is 5.02 Å². The number of nitrogens with zero attached hydrogens (tertiary/aromatic N) is 3. The summed E-state index contributed by atoms with van der Waals surface area (Å²) in [6, 6.07) is 9.55. The molecule has 1 saturated heterocycles. The quantitative estimate of drug-likeness (QED) is 0.311. The van der Waals surface area contributed by atoms with E-state index >= 15 is 0 Å². The van der Waals surface area contributed by atoms with Crippen molar-refractivity contribution in [1.29, 1.82) is 0 Å². The smallest absolute Gasteiger partial charge is 0.382 e. The zero-order valence-corrected chi connectivity index (χ0v) is 19.5. The summed E-state index contributed by atoms with van der Waals surface area (Å²) >= 11 is 7.00. The van der Waals surface area contributed by atoms with Crippen molar-refractivity contribution in [3.8, 4) is 0 Å². The van der Waals surface area contributed by atoms with Crippen LogP contribution < -0.4 is 0 Å². The lowest BCUT2D eigenvalue weighted by atomic mass is 10.1. The molecule has 1 aromatic heterocycles. The first-order valence-corrected chi connectivity index (χ1v) is 11.4. The van der Waals surface area contributed by atoms with E-state index in [1.54, 1.807) is 4.90 Å². The number of carbonyl (C=O) groups is 2. The fourth-order valence-electron chi connectivity index (χ4n) is 3.50. The van der Waals surface area contributed by atoms with E-state index in [-0.39, 0.29) is 11.2 Å². The van der Waals surface area contributed by atoms with E-state index in [1.807, 2.05) is 52.4 Å². The van der Waals surface area contributed by atoms with Gasteiger partial charge in [0.05, 0.1) is 25.9 Å². The maximum Gasteiger partial charge on any atom is 0.382 e. The van der Waals surface area contributed by atoms with Crippen molar-refractivity contribution in [2.45, 2.75) is 25.9 Å². The van der Waals surface area contributed by atoms with E-state index in [0.29, 0.717) is 38.0 Å². The summed E-state index contributed by atoms with van der Waals surface area (Å²) in [6.45, 7) is 2.84. The molecular formula is C22H28ClN3O4S. The van der Waals surface area contributed by atoms with Gasteiger partial charge in [-0.15, -0.1) is 0 Å². The number of unbranched alkanes of at least 4 members (excludes halogenated alkanes) is 1. The van der Waals surface area contributed by atoms with Gasteiger partial charge < -0.3 is 18.9 Å². The Morgan fingerprint density at radius 1 is 1.19 bits per heavy atom. The molecule has 0 radical (unpaired) electrons. The van der Waals surface area contributed by atoms with Crippen LogP contribution >= 0.6 is 23.5 Å². The number of aromatic nitrogens is 1. The van der Waals surface area contributed by atoms with Gasteiger partial charge in [-0.3, -0.25) is 4.79 Å². The highest BCUT2D eigenvalue weighted by molar-refractivity contribution is 8.11. The molecule has 0 atom stereocenters. The second-order valence-electron chi connectivity index (χ2n) is 7.39. The maximum atomic E-state index is 13.0. The van der Waals surface area contributed by atoms with Gasteiger partial charge in [0.1, 0.15) is 0 Å². The van der Waals surface area contributed by atoms with Gasteiger partial charge in [-0.25, -0.2) is 9.10 Å². The highest BCUT2D eigenvalue weighted by Crippen LogP contribution is 2.22. The first kappa shape index (κ1) is 23.7. The molecule has 168 valence electrons. The normalized spacial score (nSPS) is 14.2. The average Bonchev–Trinajstić information content (AvgIpc) is 3.37. The van der Waals surface area contributed by atoms with Crippen LogP contribution in [0.5, 0.6) is 0 Å². The molecule has 1 fully saturated rings. The first-order chi connectivity index (χ1) is 15.0. The standard InChI is InChI=1S/C22H28ClN3O4S/c1-24-10-9-19(21(27)25-11-12-26(16-25)31-22(28)29-2)20(24)8-3-4-13-30-15-17-6-5-7-18(23)14-17/h5-7,9-10,14H,3-4,8,11-13,15-16H2,1-2H3. The third kappa shape index (κ3) is 6.74. The van der Waals surface area contributed by atoms with E-state index in [4.69, 9.17) is 16.3 Å². The number of carbonyl (C=O) groups excluding carboxylic acids is 2. The van der Waals surface area contributed by atoms with Crippen molar-refractivity contribution in [3.63, 3.8) is 0 Å². The van der Waals surface area contributed by atoms with Crippen molar-refractivity contribution in [3.05, 3.63) is 58.4 Å². The topological polar surface area (TPSA) is 64.0 Å². The molecule has 0 aliphatic carbocycles. The van der Waals surface area contributed by atoms with Crippen LogP contribution in [-0.2, 0) is 29.5 Å². The van der Waals surface area contributed by atoms with Crippen LogP contribution in [0, 0.1) is 0 Å². The summed E-state index contributed by atoms with van der Waals surface area (Å²) in [6.07, 6.45) is 4.57. The Bertz CT molecular complexity index is 905. The Labute approximate surface area is 192 Å². The summed E-state index contributed by atoms with van der Waals surface area (Å²) < 4.78 is 14.3. The largest absolute Gasteiger partial charge is 0.460 e. The van der Waals surface area contributed by atoms with Crippen molar-refractivity contribution in [2.24, 2.45) is 7.05 Å². The summed E-state index contributed by atoms with van der Waals surface area (Å²) in [5.74, 6) is 0.000715. The molecule has 0 saturated carbocycles. The van der Waals surface area contributed by atoms with E-state index in [1.165, 1.54) is 7.11 Å². The molecule has 7 nitrogen and oxygen atoms in total. The van der Waals surface area contributed by atoms with Crippen LogP contribution in [0.25, 0.3) is 0 Å². The molecule has 1 aromatic carbocycles. The van der Waals surface area contributed by atoms with E-state index < -0.39 is 0 Å². The summed E-state index contributed by atoms with van der Waals surface area (Å²) in [5.41, 5.74) is 2.82. The number of hydrogen-bond donors (Lipinski definition) is 0. The maximum absolute atomic E-state index is 13.0. The molecule has 0 unspecified atom stereocenters. The number of rotatable bonds is 9. The number of methoxy groups -OCH3 is 1. The molecule has 31 heavy (non-hydrogen) atoms. The van der Waals surface area contributed by atoms with Gasteiger partial charge in [-0.1, -0.05) is 23.7 Å². The summed E-state index contributed by atoms with van der Waals surface area (Å²) in [4.78, 5) is 26.2. The number of halogens is 1. The minimum atomic E-state index is -0.368. The highest BCUT2D eigenvalue weighted by Gasteiger charge is 2.29. The molecule has 1 amide bonds. The lowest BCUT2D eigenvalue weighted by Gasteiger charge is -2.17. The Hall–Kier alpha value is -2.00. The zero-order chi connectivity index (χ0) is 22.2. The highest BCUT2D eigenvalue weighted by atomic mass is 35.5. The van der Waals surface area contributed by atoms with Gasteiger partial charge in [0, 0.05) is 55.6 Å². The minimum absolute atomic E-state index is 0.000715. The second kappa shape index (κ2) is 11.6. The van der Waals surface area contributed by atoms with Gasteiger partial charge in [0.2, 0.25) is 0 Å². The van der Waals surface area contributed by atoms with Crippen LogP contribution in [0.4, 0.5) is 4.79 Å². The molecule has 9 heteroatoms. The molecule has 2 heterocycles. The van der Waals surface area contributed by atoms with Crippen LogP contribution in [0.3, 0.4) is 0 Å². The third-order valence-electron chi connectivity index (χ3n) is 5.15. The lowest BCUT2D eigenvalue weighted by Crippen LogP contribution is -2.30. The SMILES string of the molecule is COC(=O)SN1CCN(C(=O)c2ccn(C)c2CCCCOCc2cccc(Cl)c2)C1. The molecule has 0 N–H and O–H groups in total. The second-order valence-corrected chi connectivity index (χ2v) is 8.86. The molecular weight excluding hydrogens is 438 g/mol. The Morgan fingerprint density at radius 2 is 2.03 bits per heavy atom. The molecule has 1 aliphatic rings. The van der Waals surface area contributed by atoms with Gasteiger partial charge in [-0.2, -0.15) is 0 Å². The number of amides is 1. The number of ether oxygens (including phenoxy) is 2. The number of benzene rings is 1. The molecule has 2 aromatic rings. The predicted molar refractivity (Wildman–Crippen MR) is 122 cm³/mol. The van der Waals surface area contributed by atoms with Gasteiger partial charge >= 0.3 is 5.30 Å². The Kier molecular flexibility index (Phi) is 8.83. The lowest BCUT2D eigenvalue weighted by molar-refractivity contribution is 0.0780. The molecule has 0 bridgehead atoms. The zero-order valence-electron chi connectivity index (χ0n) is 17.9. The Morgan fingerprint density at radius 3 is 2.81 bits per heavy atom. The summed E-state index contributed by atoms with van der Waals surface area (Å²) in [5, 5.41) is 0.347. The minimum Gasteiger partial charge on any atom is -0.460 e. The predicted octanol–water partition coefficient (Wildman–Crippen LogP) is 4.35. The molecule has 3 rings (SSSR count). The van der Waals surface area contributed by atoms with Gasteiger partial charge in [-0.05, 0) is 43.0 Å². The fourth-order valence-corrected chi connectivity index (χ4v) is 4.37. The van der Waals surface area contributed by atoms with E-state index in [9.17, 15) is 9.59 Å². The van der Waals surface area contributed by atoms with Crippen LogP contribution in [-0.4, -0.2) is 58.5 Å². The van der Waals surface area contributed by atoms with Crippen molar-refractivity contribution in [1.82, 2.24) is 13.8 Å². The fraction of sp³-hybridized carbons (Fsp3) is 0.455. The van der Waals surface area contributed by atoms with Gasteiger partial charge in [0.25, 0.3) is 5.91 Å². The summed E-state index contributed by atoms with van der Waals surface area (Å²) in [7, 11) is 3.32. The average molecular weight is 466 g/mol.